The number of nitrogens with zero attached hydrogens (tertiary/aromatic N) is 2. The minimum Gasteiger partial charge on any atom is -0.489 e. The molecule has 0 atom stereocenters. The van der Waals surface area contributed by atoms with Gasteiger partial charge < -0.3 is 9.64 Å². The fraction of sp³-hybridized carbons (Fsp3) is 0.231. The fourth-order valence-corrected chi connectivity index (χ4v) is 1.54. The van der Waals surface area contributed by atoms with Gasteiger partial charge in [-0.2, -0.15) is 5.10 Å². The van der Waals surface area contributed by atoms with Crippen LogP contribution in [0.1, 0.15) is 10.4 Å². The second-order valence-corrected chi connectivity index (χ2v) is 3.99. The predicted octanol–water partition coefficient (Wildman–Crippen LogP) is 1.70. The Balaban J connectivity index is 1.83. The molecule has 2 rings (SSSR count). The summed E-state index contributed by atoms with van der Waals surface area (Å²) in [7, 11) is 1.65. The number of carbonyl (C=O) groups excluding carboxylic acids is 1. The summed E-state index contributed by atoms with van der Waals surface area (Å²) in [6.07, 6.45) is 2.98. The zero-order valence-electron chi connectivity index (χ0n) is 10.5. The van der Waals surface area contributed by atoms with Gasteiger partial charge in [0.05, 0.1) is 18.3 Å². The Hall–Kier alpha value is -2.37. The van der Waals surface area contributed by atoms with Crippen molar-refractivity contribution in [1.29, 1.82) is 0 Å². The molecule has 0 aliphatic rings. The molecule has 0 fully saturated rings. The summed E-state index contributed by atoms with van der Waals surface area (Å²) in [6.45, 7) is 0.583. The van der Waals surface area contributed by atoms with Crippen LogP contribution >= 0.6 is 0 Å². The van der Waals surface area contributed by atoms with Gasteiger partial charge in [0, 0.05) is 13.2 Å². The van der Waals surface area contributed by atoms with Crippen molar-refractivity contribution in [3.8, 4) is 5.75 Å². The molecule has 0 aliphatic carbocycles. The van der Waals surface area contributed by atoms with Crippen LogP contribution < -0.4 is 4.74 Å². The normalized spacial score (nSPS) is 10.2. The van der Waals surface area contributed by atoms with Crippen molar-refractivity contribution in [3.63, 3.8) is 0 Å². The quantitative estimate of drug-likeness (QED) is 0.893. The minimum atomic E-state index is -0.411. The highest BCUT2D eigenvalue weighted by molar-refractivity contribution is 5.93. The van der Waals surface area contributed by atoms with E-state index in [-0.39, 0.29) is 18.3 Å². The van der Waals surface area contributed by atoms with Crippen LogP contribution in [0.15, 0.2) is 36.7 Å². The van der Waals surface area contributed by atoms with Gasteiger partial charge in [-0.1, -0.05) is 12.1 Å². The molecule has 100 valence electrons. The summed E-state index contributed by atoms with van der Waals surface area (Å²) in [6, 6.07) is 6.17. The highest BCUT2D eigenvalue weighted by atomic mass is 19.1. The molecule has 1 amide bonds. The lowest BCUT2D eigenvalue weighted by Crippen LogP contribution is -2.30. The molecule has 1 N–H and O–H groups in total. The van der Waals surface area contributed by atoms with Crippen LogP contribution in [0, 0.1) is 5.82 Å². The van der Waals surface area contributed by atoms with Gasteiger partial charge in [0.2, 0.25) is 0 Å². The third-order valence-electron chi connectivity index (χ3n) is 2.61. The molecule has 5 nitrogen and oxygen atoms in total. The molecule has 0 radical (unpaired) electrons. The van der Waals surface area contributed by atoms with Gasteiger partial charge in [-0.3, -0.25) is 9.89 Å². The molecule has 0 bridgehead atoms. The monoisotopic (exact) mass is 263 g/mol. The third-order valence-corrected chi connectivity index (χ3v) is 2.61. The maximum Gasteiger partial charge on any atom is 0.256 e. The van der Waals surface area contributed by atoms with Crippen molar-refractivity contribution in [1.82, 2.24) is 15.1 Å². The second kappa shape index (κ2) is 5.99. The number of hydrogen-bond donors (Lipinski definition) is 1. The Morgan fingerprint density at radius 1 is 1.47 bits per heavy atom. The van der Waals surface area contributed by atoms with E-state index in [0.717, 1.165) is 0 Å². The van der Waals surface area contributed by atoms with Gasteiger partial charge >= 0.3 is 0 Å². The fourth-order valence-electron chi connectivity index (χ4n) is 1.54. The number of aromatic nitrogens is 2. The number of likely N-dealkylation sites (N-methyl/N-ethyl adjacent to an activating group) is 1. The Kier molecular flexibility index (Phi) is 4.12. The van der Waals surface area contributed by atoms with Gasteiger partial charge in [0.1, 0.15) is 6.61 Å². The lowest BCUT2D eigenvalue weighted by molar-refractivity contribution is 0.0773. The van der Waals surface area contributed by atoms with Crippen molar-refractivity contribution in [2.45, 2.75) is 0 Å². The topological polar surface area (TPSA) is 58.2 Å². The average molecular weight is 263 g/mol. The van der Waals surface area contributed by atoms with Gasteiger partial charge in [-0.15, -0.1) is 0 Å². The maximum absolute atomic E-state index is 13.3. The van der Waals surface area contributed by atoms with Gasteiger partial charge in [0.25, 0.3) is 5.91 Å². The first-order valence-electron chi connectivity index (χ1n) is 5.80. The van der Waals surface area contributed by atoms with Crippen LogP contribution in [-0.2, 0) is 0 Å². The number of carbonyl (C=O) groups is 1. The van der Waals surface area contributed by atoms with Gasteiger partial charge in [-0.05, 0) is 12.1 Å². The van der Waals surface area contributed by atoms with Crippen molar-refractivity contribution in [2.24, 2.45) is 0 Å². The number of aromatic amines is 1. The summed E-state index contributed by atoms with van der Waals surface area (Å²) in [5.41, 5.74) is 0.480. The number of amides is 1. The van der Waals surface area contributed by atoms with E-state index >= 15 is 0 Å². The SMILES string of the molecule is CN(CCOc1ccccc1F)C(=O)c1cn[nH]c1. The van der Waals surface area contributed by atoms with Crippen molar-refractivity contribution in [2.75, 3.05) is 20.2 Å². The highest BCUT2D eigenvalue weighted by Gasteiger charge is 2.12. The predicted molar refractivity (Wildman–Crippen MR) is 67.4 cm³/mol. The zero-order valence-corrected chi connectivity index (χ0v) is 10.5. The number of ether oxygens (including phenoxy) is 1. The first-order chi connectivity index (χ1) is 9.18. The molecule has 19 heavy (non-hydrogen) atoms. The molecule has 0 aliphatic heterocycles. The number of halogens is 1. The third kappa shape index (κ3) is 3.31. The molecule has 6 heteroatoms. The minimum absolute atomic E-state index is 0.161. The summed E-state index contributed by atoms with van der Waals surface area (Å²) >= 11 is 0. The lowest BCUT2D eigenvalue weighted by Gasteiger charge is -2.16. The molecule has 0 saturated carbocycles. The van der Waals surface area contributed by atoms with E-state index in [4.69, 9.17) is 4.74 Å². The van der Waals surface area contributed by atoms with E-state index in [1.807, 2.05) is 0 Å². The van der Waals surface area contributed by atoms with Crippen molar-refractivity contribution in [3.05, 3.63) is 48.0 Å². The highest BCUT2D eigenvalue weighted by Crippen LogP contribution is 2.15. The molecule has 2 aromatic rings. The standard InChI is InChI=1S/C13H14FN3O2/c1-17(13(18)10-8-15-16-9-10)6-7-19-12-5-3-2-4-11(12)14/h2-5,8-9H,6-7H2,1H3,(H,15,16). The molecule has 1 heterocycles. The maximum atomic E-state index is 13.3. The number of rotatable bonds is 5. The van der Waals surface area contributed by atoms with Crippen LogP contribution in [0.25, 0.3) is 0 Å². The van der Waals surface area contributed by atoms with E-state index in [1.54, 1.807) is 25.2 Å². The van der Waals surface area contributed by atoms with Crippen LogP contribution in [0.2, 0.25) is 0 Å². The van der Waals surface area contributed by atoms with Gasteiger partial charge in [-0.25, -0.2) is 4.39 Å². The van der Waals surface area contributed by atoms with E-state index in [2.05, 4.69) is 10.2 Å². The van der Waals surface area contributed by atoms with Gasteiger partial charge in [0.15, 0.2) is 11.6 Å². The smallest absolute Gasteiger partial charge is 0.256 e. The number of nitrogens with one attached hydrogen (secondary N) is 1. The largest absolute Gasteiger partial charge is 0.489 e. The molecule has 0 unspecified atom stereocenters. The Labute approximate surface area is 110 Å². The van der Waals surface area contributed by atoms with E-state index in [1.165, 1.54) is 23.4 Å². The van der Waals surface area contributed by atoms with Crippen LogP contribution in [0.3, 0.4) is 0 Å². The lowest BCUT2D eigenvalue weighted by atomic mass is 10.3. The van der Waals surface area contributed by atoms with E-state index in [0.29, 0.717) is 12.1 Å². The van der Waals surface area contributed by atoms with Crippen LogP contribution in [0.4, 0.5) is 4.39 Å². The first-order valence-corrected chi connectivity index (χ1v) is 5.80. The number of hydrogen-bond acceptors (Lipinski definition) is 3. The number of benzene rings is 1. The number of H-pyrrole nitrogens is 1. The summed E-state index contributed by atoms with van der Waals surface area (Å²) in [4.78, 5) is 13.3. The Morgan fingerprint density at radius 3 is 2.95 bits per heavy atom. The summed E-state index contributed by atoms with van der Waals surface area (Å²) < 4.78 is 18.6. The Morgan fingerprint density at radius 2 is 2.26 bits per heavy atom. The van der Waals surface area contributed by atoms with Crippen molar-refractivity contribution >= 4 is 5.91 Å². The Bertz CT molecular complexity index is 543. The molecular weight excluding hydrogens is 249 g/mol. The zero-order chi connectivity index (χ0) is 13.7. The van der Waals surface area contributed by atoms with Crippen LogP contribution in [-0.4, -0.2) is 41.2 Å². The summed E-state index contributed by atoms with van der Waals surface area (Å²) in [5.74, 6) is -0.385. The second-order valence-electron chi connectivity index (χ2n) is 3.99. The molecule has 1 aromatic carbocycles. The van der Waals surface area contributed by atoms with E-state index < -0.39 is 5.82 Å². The van der Waals surface area contributed by atoms with Crippen molar-refractivity contribution < 1.29 is 13.9 Å². The molecule has 1 aromatic heterocycles. The average Bonchev–Trinajstić information content (AvgIpc) is 2.94. The van der Waals surface area contributed by atoms with E-state index in [9.17, 15) is 9.18 Å². The summed E-state index contributed by atoms with van der Waals surface area (Å²) in [5, 5.41) is 6.29. The molecule has 0 spiro atoms. The first kappa shape index (κ1) is 13.1. The van der Waals surface area contributed by atoms with Crippen LogP contribution in [0.5, 0.6) is 5.75 Å². The molecular formula is C13H14FN3O2. The number of para-hydroxylation sites is 1. The molecule has 0 saturated heterocycles.